The Hall–Kier alpha value is -1.89. The smallest absolute Gasteiger partial charge is 0.405 e. The lowest BCUT2D eigenvalue weighted by Gasteiger charge is -2.16. The van der Waals surface area contributed by atoms with Gasteiger partial charge in [0.2, 0.25) is 0 Å². The summed E-state index contributed by atoms with van der Waals surface area (Å²) >= 11 is 0. The lowest BCUT2D eigenvalue weighted by atomic mass is 10.0. The average molecular weight is 261 g/mol. The molecule has 0 saturated heterocycles. The van der Waals surface area contributed by atoms with Crippen molar-refractivity contribution in [3.63, 3.8) is 0 Å². The largest absolute Gasteiger partial charge is 0.465 e. The molecule has 1 atom stereocenters. The third-order valence-electron chi connectivity index (χ3n) is 2.22. The van der Waals surface area contributed by atoms with Crippen molar-refractivity contribution >= 4 is 6.09 Å². The number of rotatable bonds is 6. The van der Waals surface area contributed by atoms with E-state index in [-0.39, 0.29) is 18.8 Å². The first kappa shape index (κ1) is 14.2. The number of hydrogen-bond acceptors (Lipinski definition) is 3. The van der Waals surface area contributed by atoms with E-state index >= 15 is 0 Å². The number of nitrogens with one attached hydrogen (secondary N) is 1. The van der Waals surface area contributed by atoms with E-state index in [0.29, 0.717) is 5.56 Å². The zero-order valence-corrected chi connectivity index (χ0v) is 9.35. The summed E-state index contributed by atoms with van der Waals surface area (Å²) < 4.78 is 28.0. The van der Waals surface area contributed by atoms with Crippen molar-refractivity contribution < 1.29 is 28.5 Å². The molecule has 0 aliphatic rings. The molecule has 0 aliphatic heterocycles. The fourth-order valence-electron chi connectivity index (χ4n) is 1.48. The van der Waals surface area contributed by atoms with Crippen LogP contribution in [0.1, 0.15) is 18.0 Å². The predicted molar refractivity (Wildman–Crippen MR) is 58.7 cm³/mol. The van der Waals surface area contributed by atoms with Crippen LogP contribution in [0.4, 0.5) is 13.6 Å². The van der Waals surface area contributed by atoms with Crippen molar-refractivity contribution in [2.45, 2.75) is 19.1 Å². The van der Waals surface area contributed by atoms with Gasteiger partial charge in [0.15, 0.2) is 0 Å². The number of halogens is 2. The molecule has 1 aromatic carbocycles. The van der Waals surface area contributed by atoms with Gasteiger partial charge in [-0.05, 0) is 24.1 Å². The Kier molecular flexibility index (Phi) is 5.31. The molecule has 0 saturated carbocycles. The molecule has 0 heterocycles. The Morgan fingerprint density at radius 2 is 1.94 bits per heavy atom. The molecule has 0 unspecified atom stereocenters. The van der Waals surface area contributed by atoms with Gasteiger partial charge >= 0.3 is 12.7 Å². The first-order valence-corrected chi connectivity index (χ1v) is 5.18. The van der Waals surface area contributed by atoms with Gasteiger partial charge in [-0.3, -0.25) is 0 Å². The zero-order chi connectivity index (χ0) is 13.5. The van der Waals surface area contributed by atoms with Gasteiger partial charge in [-0.1, -0.05) is 12.1 Å². The Labute approximate surface area is 102 Å². The van der Waals surface area contributed by atoms with Gasteiger partial charge in [-0.15, -0.1) is 0 Å². The van der Waals surface area contributed by atoms with Crippen LogP contribution in [0.3, 0.4) is 0 Å². The average Bonchev–Trinajstić information content (AvgIpc) is 2.28. The molecule has 1 amide bonds. The minimum Gasteiger partial charge on any atom is -0.465 e. The Morgan fingerprint density at radius 3 is 2.39 bits per heavy atom. The Morgan fingerprint density at radius 1 is 1.33 bits per heavy atom. The number of carbonyl (C=O) groups is 1. The summed E-state index contributed by atoms with van der Waals surface area (Å²) in [6.07, 6.45) is -1.03. The lowest BCUT2D eigenvalue weighted by Crippen LogP contribution is -2.27. The molecule has 0 spiro atoms. The summed E-state index contributed by atoms with van der Waals surface area (Å²) in [6.45, 7) is -3.10. The molecule has 0 bridgehead atoms. The topological polar surface area (TPSA) is 78.8 Å². The first-order valence-electron chi connectivity index (χ1n) is 5.18. The number of aliphatic hydroxyl groups is 1. The molecule has 0 radical (unpaired) electrons. The minimum atomic E-state index is -2.90. The third-order valence-corrected chi connectivity index (χ3v) is 2.22. The molecule has 1 aromatic rings. The van der Waals surface area contributed by atoms with Crippen LogP contribution >= 0.6 is 0 Å². The van der Waals surface area contributed by atoms with E-state index < -0.39 is 18.7 Å². The lowest BCUT2D eigenvalue weighted by molar-refractivity contribution is -0.0498. The molecule has 0 fully saturated rings. The number of ether oxygens (including phenoxy) is 1. The molecule has 7 heteroatoms. The quantitative estimate of drug-likeness (QED) is 0.731. The van der Waals surface area contributed by atoms with E-state index in [9.17, 15) is 13.6 Å². The van der Waals surface area contributed by atoms with E-state index in [1.54, 1.807) is 0 Å². The van der Waals surface area contributed by atoms with Crippen LogP contribution in [-0.2, 0) is 0 Å². The van der Waals surface area contributed by atoms with Gasteiger partial charge in [0, 0.05) is 6.61 Å². The molecule has 3 N–H and O–H groups in total. The van der Waals surface area contributed by atoms with E-state index in [2.05, 4.69) is 10.1 Å². The molecular weight excluding hydrogens is 248 g/mol. The van der Waals surface area contributed by atoms with Gasteiger partial charge in [0.25, 0.3) is 0 Å². The fourth-order valence-corrected chi connectivity index (χ4v) is 1.48. The summed E-state index contributed by atoms with van der Waals surface area (Å²) in [7, 11) is 0. The van der Waals surface area contributed by atoms with E-state index in [1.807, 2.05) is 0 Å². The van der Waals surface area contributed by atoms with Crippen LogP contribution in [0.25, 0.3) is 0 Å². The molecule has 18 heavy (non-hydrogen) atoms. The second-order valence-electron chi connectivity index (χ2n) is 3.46. The summed E-state index contributed by atoms with van der Waals surface area (Å²) in [5.41, 5.74) is 0.563. The SMILES string of the molecule is O=C(O)N[C@H](CCO)c1ccc(OC(F)F)cc1. The maximum absolute atomic E-state index is 11.9. The van der Waals surface area contributed by atoms with Crippen molar-refractivity contribution in [1.29, 1.82) is 0 Å². The highest BCUT2D eigenvalue weighted by molar-refractivity contribution is 5.65. The van der Waals surface area contributed by atoms with Gasteiger partial charge in [0.1, 0.15) is 5.75 Å². The molecule has 100 valence electrons. The van der Waals surface area contributed by atoms with Crippen LogP contribution in [-0.4, -0.2) is 29.5 Å². The van der Waals surface area contributed by atoms with Crippen molar-refractivity contribution in [2.24, 2.45) is 0 Å². The second-order valence-corrected chi connectivity index (χ2v) is 3.46. The van der Waals surface area contributed by atoms with Crippen LogP contribution in [0, 0.1) is 0 Å². The summed E-state index contributed by atoms with van der Waals surface area (Å²) in [5.74, 6) is -0.00757. The van der Waals surface area contributed by atoms with Gasteiger partial charge in [-0.2, -0.15) is 8.78 Å². The number of hydrogen-bond donors (Lipinski definition) is 3. The van der Waals surface area contributed by atoms with E-state index in [1.165, 1.54) is 24.3 Å². The number of aliphatic hydroxyl groups excluding tert-OH is 1. The van der Waals surface area contributed by atoms with Gasteiger partial charge < -0.3 is 20.3 Å². The third kappa shape index (κ3) is 4.54. The molecule has 0 aromatic heterocycles. The summed E-state index contributed by atoms with van der Waals surface area (Å²) in [5, 5.41) is 19.7. The van der Waals surface area contributed by atoms with Crippen LogP contribution in [0.5, 0.6) is 5.75 Å². The number of alkyl halides is 2. The zero-order valence-electron chi connectivity index (χ0n) is 9.35. The normalized spacial score (nSPS) is 12.2. The number of carboxylic acid groups (broad SMARTS) is 1. The van der Waals surface area contributed by atoms with Crippen molar-refractivity contribution in [3.05, 3.63) is 29.8 Å². The number of benzene rings is 1. The highest BCUT2D eigenvalue weighted by Crippen LogP contribution is 2.21. The molecule has 0 aliphatic carbocycles. The van der Waals surface area contributed by atoms with E-state index in [0.717, 1.165) is 0 Å². The Balaban J connectivity index is 2.76. The molecular formula is C11H13F2NO4. The molecule has 1 rings (SSSR count). The minimum absolute atomic E-state index is 0.00757. The number of amides is 1. The summed E-state index contributed by atoms with van der Waals surface area (Å²) in [4.78, 5) is 10.6. The monoisotopic (exact) mass is 261 g/mol. The van der Waals surface area contributed by atoms with Gasteiger partial charge in [-0.25, -0.2) is 4.79 Å². The highest BCUT2D eigenvalue weighted by Gasteiger charge is 2.13. The standard InChI is InChI=1S/C11H13F2NO4/c12-10(13)18-8-3-1-7(2-4-8)9(5-6-15)14-11(16)17/h1-4,9-10,14-15H,5-6H2,(H,16,17)/t9-/m1/s1. The second kappa shape index (κ2) is 6.75. The first-order chi connectivity index (χ1) is 8.52. The van der Waals surface area contributed by atoms with Crippen molar-refractivity contribution in [3.8, 4) is 5.75 Å². The summed E-state index contributed by atoms with van der Waals surface area (Å²) in [6, 6.07) is 4.97. The maximum Gasteiger partial charge on any atom is 0.405 e. The fraction of sp³-hybridized carbons (Fsp3) is 0.364. The van der Waals surface area contributed by atoms with Crippen molar-refractivity contribution in [1.82, 2.24) is 5.32 Å². The van der Waals surface area contributed by atoms with Gasteiger partial charge in [0.05, 0.1) is 6.04 Å². The van der Waals surface area contributed by atoms with Crippen LogP contribution < -0.4 is 10.1 Å². The van der Waals surface area contributed by atoms with Crippen LogP contribution in [0.15, 0.2) is 24.3 Å². The van der Waals surface area contributed by atoms with E-state index in [4.69, 9.17) is 10.2 Å². The molecule has 5 nitrogen and oxygen atoms in total. The van der Waals surface area contributed by atoms with Crippen LogP contribution in [0.2, 0.25) is 0 Å². The Bertz CT molecular complexity index is 383. The maximum atomic E-state index is 11.9. The highest BCUT2D eigenvalue weighted by atomic mass is 19.3. The predicted octanol–water partition coefficient (Wildman–Crippen LogP) is 1.98. The van der Waals surface area contributed by atoms with Crippen molar-refractivity contribution in [2.75, 3.05) is 6.61 Å².